The zero-order valence-electron chi connectivity index (χ0n) is 6.37. The Morgan fingerprint density at radius 3 is 1.77 bits per heavy atom. The monoisotopic (exact) mass is 247 g/mol. The van der Waals surface area contributed by atoms with Crippen LogP contribution < -0.4 is 0 Å². The second kappa shape index (κ2) is 10.3. The van der Waals surface area contributed by atoms with Gasteiger partial charge in [0.25, 0.3) is 5.09 Å². The van der Waals surface area contributed by atoms with Crippen molar-refractivity contribution in [3.8, 4) is 0 Å². The molecule has 0 aliphatic rings. The van der Waals surface area contributed by atoms with E-state index in [1.807, 2.05) is 30.3 Å². The SMILES string of the molecule is Brc1ccccc1.N#N.O=[N+]([O-])O. The molecule has 1 rings (SSSR count). The average molecular weight is 248 g/mol. The van der Waals surface area contributed by atoms with Crippen molar-refractivity contribution in [2.45, 2.75) is 0 Å². The van der Waals surface area contributed by atoms with Crippen LogP contribution in [0.1, 0.15) is 0 Å². The number of hydrogen-bond acceptors (Lipinski definition) is 4. The van der Waals surface area contributed by atoms with Gasteiger partial charge < -0.3 is 5.21 Å². The molecule has 70 valence electrons. The normalized spacial score (nSPS) is 6.69. The predicted octanol–water partition coefficient (Wildman–Crippen LogP) is 2.13. The van der Waals surface area contributed by atoms with Crippen LogP contribution in [0.3, 0.4) is 0 Å². The minimum absolute atomic E-state index is 1.13. The lowest BCUT2D eigenvalue weighted by molar-refractivity contribution is -0.742. The maximum atomic E-state index is 8.36. The van der Waals surface area contributed by atoms with E-state index >= 15 is 0 Å². The van der Waals surface area contributed by atoms with Gasteiger partial charge in [-0.1, -0.05) is 34.1 Å². The topological polar surface area (TPSA) is 111 Å². The van der Waals surface area contributed by atoms with Crippen LogP contribution in [-0.2, 0) is 0 Å². The Balaban J connectivity index is 0. The maximum Gasteiger partial charge on any atom is 0.291 e. The molecule has 0 saturated heterocycles. The Morgan fingerprint density at radius 1 is 1.31 bits per heavy atom. The van der Waals surface area contributed by atoms with E-state index in [9.17, 15) is 0 Å². The van der Waals surface area contributed by atoms with Crippen molar-refractivity contribution in [3.05, 3.63) is 44.9 Å². The molecule has 7 heteroatoms. The predicted molar refractivity (Wildman–Crippen MR) is 46.4 cm³/mol. The molecule has 0 bridgehead atoms. The molecule has 0 unspecified atom stereocenters. The molecule has 1 aromatic rings. The molecule has 0 radical (unpaired) electrons. The van der Waals surface area contributed by atoms with Crippen molar-refractivity contribution in [2.75, 3.05) is 0 Å². The maximum absolute atomic E-state index is 8.36. The van der Waals surface area contributed by atoms with Crippen molar-refractivity contribution in [1.29, 1.82) is 10.8 Å². The van der Waals surface area contributed by atoms with Crippen molar-refractivity contribution in [1.82, 2.24) is 0 Å². The Morgan fingerprint density at radius 2 is 1.62 bits per heavy atom. The fourth-order valence-electron chi connectivity index (χ4n) is 0.415. The molecule has 6 nitrogen and oxygen atoms in total. The van der Waals surface area contributed by atoms with Crippen LogP contribution in [0.15, 0.2) is 34.8 Å². The summed E-state index contributed by atoms with van der Waals surface area (Å²) >= 11 is 3.31. The lowest BCUT2D eigenvalue weighted by atomic mass is 10.4. The van der Waals surface area contributed by atoms with Crippen molar-refractivity contribution >= 4 is 15.9 Å². The quantitative estimate of drug-likeness (QED) is 0.429. The number of halogens is 1. The summed E-state index contributed by atoms with van der Waals surface area (Å²) in [6.07, 6.45) is 0. The highest BCUT2D eigenvalue weighted by molar-refractivity contribution is 9.10. The fraction of sp³-hybridized carbons (Fsp3) is 0. The van der Waals surface area contributed by atoms with E-state index in [2.05, 4.69) is 15.9 Å². The molecular weight excluding hydrogens is 242 g/mol. The first-order valence-electron chi connectivity index (χ1n) is 2.86. The Bertz CT molecular complexity index is 248. The first kappa shape index (κ1) is 13.9. The van der Waals surface area contributed by atoms with E-state index in [1.165, 1.54) is 0 Å². The summed E-state index contributed by atoms with van der Waals surface area (Å²) in [5, 5.41) is 25.6. The van der Waals surface area contributed by atoms with Gasteiger partial charge in [-0.15, -0.1) is 10.1 Å². The van der Waals surface area contributed by atoms with Crippen LogP contribution in [0.2, 0.25) is 0 Å². The highest BCUT2D eigenvalue weighted by atomic mass is 79.9. The number of benzene rings is 1. The second-order valence-corrected chi connectivity index (χ2v) is 2.45. The Labute approximate surface area is 82.5 Å². The number of rotatable bonds is 0. The van der Waals surface area contributed by atoms with E-state index in [-0.39, 0.29) is 0 Å². The molecule has 1 N–H and O–H groups in total. The van der Waals surface area contributed by atoms with Gasteiger partial charge in [0.2, 0.25) is 0 Å². The van der Waals surface area contributed by atoms with E-state index in [0.717, 1.165) is 4.47 Å². The molecule has 0 atom stereocenters. The van der Waals surface area contributed by atoms with E-state index in [4.69, 9.17) is 26.1 Å². The molecule has 0 spiro atoms. The summed E-state index contributed by atoms with van der Waals surface area (Å²) in [5.41, 5.74) is 0. The minimum Gasteiger partial charge on any atom is -0.328 e. The van der Waals surface area contributed by atoms with E-state index in [1.54, 1.807) is 0 Å². The molecule has 0 aliphatic carbocycles. The molecule has 1 aromatic carbocycles. The molecule has 0 amide bonds. The summed E-state index contributed by atoms with van der Waals surface area (Å²) in [5.74, 6) is 0. The minimum atomic E-state index is -1.50. The summed E-state index contributed by atoms with van der Waals surface area (Å²) < 4.78 is 1.13. The van der Waals surface area contributed by atoms with Crippen LogP contribution in [0, 0.1) is 20.9 Å². The fourth-order valence-corrected chi connectivity index (χ4v) is 0.720. The molecular formula is C6H6BrN3O3. The van der Waals surface area contributed by atoms with Crippen LogP contribution in [-0.4, -0.2) is 10.3 Å². The van der Waals surface area contributed by atoms with Gasteiger partial charge in [-0.25, -0.2) is 0 Å². The summed E-state index contributed by atoms with van der Waals surface area (Å²) in [6, 6.07) is 9.97. The smallest absolute Gasteiger partial charge is 0.291 e. The van der Waals surface area contributed by atoms with Crippen LogP contribution >= 0.6 is 15.9 Å². The van der Waals surface area contributed by atoms with Gasteiger partial charge in [0.05, 0.1) is 0 Å². The third-order valence-corrected chi connectivity index (χ3v) is 1.26. The average Bonchev–Trinajstić information content (AvgIpc) is 2.08. The van der Waals surface area contributed by atoms with Gasteiger partial charge in [0, 0.05) is 15.3 Å². The molecule has 0 saturated carbocycles. The van der Waals surface area contributed by atoms with Gasteiger partial charge in [-0.05, 0) is 12.1 Å². The molecule has 0 fully saturated rings. The highest BCUT2D eigenvalue weighted by Gasteiger charge is 1.74. The molecule has 13 heavy (non-hydrogen) atoms. The molecule has 0 heterocycles. The van der Waals surface area contributed by atoms with Crippen molar-refractivity contribution in [2.24, 2.45) is 0 Å². The second-order valence-electron chi connectivity index (χ2n) is 1.53. The number of nitrogens with zero attached hydrogens (tertiary/aromatic N) is 3. The highest BCUT2D eigenvalue weighted by Crippen LogP contribution is 2.05. The first-order valence-corrected chi connectivity index (χ1v) is 3.66. The standard InChI is InChI=1S/C6H5Br.N2.HNO3/c7-6-4-2-1-3-5-6;1-2;2-1(3)4/h1-5H;;(H,2,3,4). The van der Waals surface area contributed by atoms with E-state index < -0.39 is 5.09 Å². The molecule has 0 aliphatic heterocycles. The van der Waals surface area contributed by atoms with Crippen molar-refractivity contribution in [3.63, 3.8) is 0 Å². The van der Waals surface area contributed by atoms with Gasteiger partial charge >= 0.3 is 0 Å². The lowest BCUT2D eigenvalue weighted by Crippen LogP contribution is -1.81. The summed E-state index contributed by atoms with van der Waals surface area (Å²) in [7, 11) is 0. The zero-order chi connectivity index (χ0) is 10.7. The number of hydrogen-bond donors (Lipinski definition) is 1. The Kier molecular flexibility index (Phi) is 11.0. The summed E-state index contributed by atoms with van der Waals surface area (Å²) in [6.45, 7) is 0. The molecule has 0 aromatic heterocycles. The largest absolute Gasteiger partial charge is 0.328 e. The van der Waals surface area contributed by atoms with E-state index in [0.29, 0.717) is 0 Å². The van der Waals surface area contributed by atoms with Gasteiger partial charge in [-0.2, -0.15) is 0 Å². The Hall–Kier alpha value is -1.68. The zero-order valence-corrected chi connectivity index (χ0v) is 7.96. The first-order chi connectivity index (χ1) is 6.13. The van der Waals surface area contributed by atoms with Gasteiger partial charge in [0.15, 0.2) is 0 Å². The summed E-state index contributed by atoms with van der Waals surface area (Å²) in [4.78, 5) is 8.36. The third-order valence-electron chi connectivity index (χ3n) is 0.733. The van der Waals surface area contributed by atoms with Crippen LogP contribution in [0.4, 0.5) is 0 Å². The van der Waals surface area contributed by atoms with Gasteiger partial charge in [-0.3, -0.25) is 0 Å². The van der Waals surface area contributed by atoms with Crippen LogP contribution in [0.25, 0.3) is 0 Å². The van der Waals surface area contributed by atoms with Crippen molar-refractivity contribution < 1.29 is 10.3 Å². The van der Waals surface area contributed by atoms with Gasteiger partial charge in [0.1, 0.15) is 0 Å². The van der Waals surface area contributed by atoms with Crippen LogP contribution in [0.5, 0.6) is 0 Å². The third kappa shape index (κ3) is 17.9. The lowest BCUT2D eigenvalue weighted by Gasteiger charge is -1.80.